The maximum Gasteiger partial charge on any atom is 0.00136 e. The molecular weight excluding hydrogens is 242 g/mol. The minimum atomic E-state index is 0.533. The van der Waals surface area contributed by atoms with E-state index >= 15 is 0 Å². The maximum atomic E-state index is 3.71. The van der Waals surface area contributed by atoms with Crippen molar-refractivity contribution in [3.05, 3.63) is 35.4 Å². The van der Waals surface area contributed by atoms with Crippen molar-refractivity contribution >= 4 is 0 Å². The Labute approximate surface area is 124 Å². The molecule has 2 aliphatic carbocycles. The summed E-state index contributed by atoms with van der Waals surface area (Å²) in [6.45, 7) is 7.96. The maximum absolute atomic E-state index is 3.71. The van der Waals surface area contributed by atoms with Gasteiger partial charge in [-0.25, -0.2) is 0 Å². The van der Waals surface area contributed by atoms with Gasteiger partial charge in [0.15, 0.2) is 0 Å². The van der Waals surface area contributed by atoms with Gasteiger partial charge < -0.3 is 5.32 Å². The quantitative estimate of drug-likeness (QED) is 0.817. The Hall–Kier alpha value is -0.820. The molecule has 2 saturated carbocycles. The Bertz CT molecular complexity index is 435. The lowest BCUT2D eigenvalue weighted by atomic mass is 9.77. The molecule has 110 valence electrons. The van der Waals surface area contributed by atoms with Crippen molar-refractivity contribution < 1.29 is 0 Å². The molecule has 20 heavy (non-hydrogen) atoms. The van der Waals surface area contributed by atoms with Crippen LogP contribution in [0.1, 0.15) is 51.2 Å². The van der Waals surface area contributed by atoms with Crippen LogP contribution < -0.4 is 5.32 Å². The first kappa shape index (κ1) is 14.1. The molecule has 0 amide bonds. The van der Waals surface area contributed by atoms with Crippen LogP contribution in [0, 0.1) is 17.3 Å². The molecule has 2 aliphatic rings. The van der Waals surface area contributed by atoms with Crippen LogP contribution in [0.2, 0.25) is 0 Å². The minimum absolute atomic E-state index is 0.533. The van der Waals surface area contributed by atoms with Crippen LogP contribution in [-0.2, 0) is 12.8 Å². The molecule has 0 heterocycles. The second kappa shape index (κ2) is 5.52. The number of hydrogen-bond acceptors (Lipinski definition) is 1. The molecule has 1 aromatic rings. The summed E-state index contributed by atoms with van der Waals surface area (Å²) in [5, 5.41) is 3.71. The average molecular weight is 271 g/mol. The van der Waals surface area contributed by atoms with Crippen LogP contribution in [-0.4, -0.2) is 12.6 Å². The number of fused-ring (bicyclic) bond motifs is 1. The highest BCUT2D eigenvalue weighted by Crippen LogP contribution is 2.60. The summed E-state index contributed by atoms with van der Waals surface area (Å²) in [7, 11) is 0. The molecule has 1 heteroatoms. The van der Waals surface area contributed by atoms with Gasteiger partial charge in [-0.15, -0.1) is 0 Å². The molecule has 0 bridgehead atoms. The van der Waals surface area contributed by atoms with Crippen LogP contribution in [0.4, 0.5) is 0 Å². The third-order valence-corrected chi connectivity index (χ3v) is 5.36. The van der Waals surface area contributed by atoms with E-state index < -0.39 is 0 Å². The Morgan fingerprint density at radius 2 is 1.70 bits per heavy atom. The zero-order valence-electron chi connectivity index (χ0n) is 13.3. The largest absolute Gasteiger partial charge is 0.314 e. The Kier molecular flexibility index (Phi) is 3.90. The van der Waals surface area contributed by atoms with Crippen LogP contribution in [0.3, 0.4) is 0 Å². The van der Waals surface area contributed by atoms with Gasteiger partial charge in [0.05, 0.1) is 0 Å². The van der Waals surface area contributed by atoms with Crippen LogP contribution >= 0.6 is 0 Å². The Balaban J connectivity index is 1.69. The molecule has 0 aliphatic heterocycles. The van der Waals surface area contributed by atoms with E-state index in [1.807, 2.05) is 0 Å². The molecule has 0 spiro atoms. The average Bonchev–Trinajstić information content (AvgIpc) is 3.06. The fourth-order valence-electron chi connectivity index (χ4n) is 4.10. The topological polar surface area (TPSA) is 12.0 Å². The third kappa shape index (κ3) is 3.09. The summed E-state index contributed by atoms with van der Waals surface area (Å²) in [6, 6.07) is 9.95. The normalized spacial score (nSPS) is 31.6. The van der Waals surface area contributed by atoms with E-state index in [0.29, 0.717) is 11.5 Å². The standard InChI is InChI=1S/C19H29N/c1-4-15-5-7-16(8-6-15)10-19(13-20-14(2)3)11-17-9-18(17)12-19/h5-8,14,17-18,20H,4,9-13H2,1-3H3. The molecule has 2 unspecified atom stereocenters. The van der Waals surface area contributed by atoms with E-state index in [1.54, 1.807) is 0 Å². The van der Waals surface area contributed by atoms with Gasteiger partial charge in [0.1, 0.15) is 0 Å². The van der Waals surface area contributed by atoms with E-state index in [9.17, 15) is 0 Å². The highest BCUT2D eigenvalue weighted by atomic mass is 14.9. The molecule has 0 saturated heterocycles. The molecular formula is C19H29N. The zero-order chi connectivity index (χ0) is 14.2. The minimum Gasteiger partial charge on any atom is -0.314 e. The lowest BCUT2D eigenvalue weighted by Crippen LogP contribution is -2.38. The van der Waals surface area contributed by atoms with Crippen molar-refractivity contribution in [3.63, 3.8) is 0 Å². The number of benzene rings is 1. The third-order valence-electron chi connectivity index (χ3n) is 5.36. The van der Waals surface area contributed by atoms with Gasteiger partial charge in [-0.1, -0.05) is 45.0 Å². The monoisotopic (exact) mass is 271 g/mol. The lowest BCUT2D eigenvalue weighted by molar-refractivity contribution is 0.241. The number of nitrogens with one attached hydrogen (secondary N) is 1. The van der Waals surface area contributed by atoms with Crippen molar-refractivity contribution in [2.45, 2.75) is 58.9 Å². The molecule has 2 fully saturated rings. The Morgan fingerprint density at radius 3 is 2.25 bits per heavy atom. The molecule has 1 aromatic carbocycles. The molecule has 1 N–H and O–H groups in total. The summed E-state index contributed by atoms with van der Waals surface area (Å²) >= 11 is 0. The fourth-order valence-corrected chi connectivity index (χ4v) is 4.10. The van der Waals surface area contributed by atoms with Gasteiger partial charge >= 0.3 is 0 Å². The van der Waals surface area contributed by atoms with Gasteiger partial charge in [0, 0.05) is 12.6 Å². The van der Waals surface area contributed by atoms with Gasteiger partial charge in [0.25, 0.3) is 0 Å². The highest BCUT2D eigenvalue weighted by Gasteiger charge is 2.53. The summed E-state index contributed by atoms with van der Waals surface area (Å²) in [4.78, 5) is 0. The van der Waals surface area contributed by atoms with E-state index in [-0.39, 0.29) is 0 Å². The molecule has 1 nitrogen and oxygen atoms in total. The summed E-state index contributed by atoms with van der Waals surface area (Å²) < 4.78 is 0. The molecule has 3 rings (SSSR count). The first-order valence-electron chi connectivity index (χ1n) is 8.41. The van der Waals surface area contributed by atoms with E-state index in [0.717, 1.165) is 18.3 Å². The molecule has 0 aromatic heterocycles. The molecule has 0 radical (unpaired) electrons. The van der Waals surface area contributed by atoms with Gasteiger partial charge in [0.2, 0.25) is 0 Å². The number of aryl methyl sites for hydroxylation is 1. The smallest absolute Gasteiger partial charge is 0.00136 e. The number of rotatable bonds is 6. The summed E-state index contributed by atoms with van der Waals surface area (Å²) in [5.74, 6) is 2.11. The van der Waals surface area contributed by atoms with Crippen LogP contribution in [0.25, 0.3) is 0 Å². The van der Waals surface area contributed by atoms with Crippen molar-refractivity contribution in [2.75, 3.05) is 6.54 Å². The lowest BCUT2D eigenvalue weighted by Gasteiger charge is -2.32. The van der Waals surface area contributed by atoms with Crippen molar-refractivity contribution in [2.24, 2.45) is 17.3 Å². The van der Waals surface area contributed by atoms with Crippen molar-refractivity contribution in [3.8, 4) is 0 Å². The van der Waals surface area contributed by atoms with Gasteiger partial charge in [-0.3, -0.25) is 0 Å². The predicted octanol–water partition coefficient (Wildman–Crippen LogP) is 4.21. The zero-order valence-corrected chi connectivity index (χ0v) is 13.3. The SMILES string of the molecule is CCc1ccc(CC2(CNC(C)C)CC3CC3C2)cc1. The van der Waals surface area contributed by atoms with Crippen LogP contribution in [0.5, 0.6) is 0 Å². The van der Waals surface area contributed by atoms with E-state index in [4.69, 9.17) is 0 Å². The summed E-state index contributed by atoms with van der Waals surface area (Å²) in [5.41, 5.74) is 3.53. The fraction of sp³-hybridized carbons (Fsp3) is 0.684. The Morgan fingerprint density at radius 1 is 1.10 bits per heavy atom. The van der Waals surface area contributed by atoms with Crippen molar-refractivity contribution in [1.82, 2.24) is 5.32 Å². The second-order valence-electron chi connectivity index (χ2n) is 7.55. The van der Waals surface area contributed by atoms with E-state index in [1.165, 1.54) is 43.4 Å². The first-order valence-corrected chi connectivity index (χ1v) is 8.41. The summed E-state index contributed by atoms with van der Waals surface area (Å²) in [6.07, 6.45) is 6.83. The second-order valence-corrected chi connectivity index (χ2v) is 7.55. The van der Waals surface area contributed by atoms with Crippen LogP contribution in [0.15, 0.2) is 24.3 Å². The van der Waals surface area contributed by atoms with E-state index in [2.05, 4.69) is 50.4 Å². The molecule has 2 atom stereocenters. The first-order chi connectivity index (χ1) is 9.60. The number of hydrogen-bond donors (Lipinski definition) is 1. The predicted molar refractivity (Wildman–Crippen MR) is 85.9 cm³/mol. The highest BCUT2D eigenvalue weighted by molar-refractivity contribution is 5.24. The van der Waals surface area contributed by atoms with Crippen molar-refractivity contribution in [1.29, 1.82) is 0 Å². The van der Waals surface area contributed by atoms with Gasteiger partial charge in [-0.05, 0) is 60.5 Å². The van der Waals surface area contributed by atoms with Gasteiger partial charge in [-0.2, -0.15) is 0 Å².